The molecule has 13 heteroatoms. The van der Waals surface area contributed by atoms with Crippen LogP contribution in [-0.4, -0.2) is 46.6 Å². The number of aryl methyl sites for hydroxylation is 1. The minimum atomic E-state index is -4.53. The number of aromatic nitrogens is 7. The Balaban J connectivity index is 1.27. The fraction of sp³-hybridized carbons (Fsp3) is 0.250. The van der Waals surface area contributed by atoms with Crippen LogP contribution in [0.15, 0.2) is 59.8 Å². The Morgan fingerprint density at radius 3 is 2.49 bits per heavy atom. The minimum absolute atomic E-state index is 0.0575. The third kappa shape index (κ3) is 4.67. The fourth-order valence-electron chi connectivity index (χ4n) is 3.60. The summed E-state index contributed by atoms with van der Waals surface area (Å²) in [4.78, 5) is 21.3. The minimum Gasteiger partial charge on any atom is -0.358 e. The Hall–Kier alpha value is -4.55. The van der Waals surface area contributed by atoms with E-state index in [1.807, 2.05) is 19.3 Å². The maximum Gasteiger partial charge on any atom is 0.401 e. The summed E-state index contributed by atoms with van der Waals surface area (Å²) in [6.45, 7) is 1.95. The first-order valence-corrected chi connectivity index (χ1v) is 11.1. The largest absolute Gasteiger partial charge is 0.401 e. The van der Waals surface area contributed by atoms with E-state index in [4.69, 9.17) is 4.52 Å². The lowest BCUT2D eigenvalue weighted by Crippen LogP contribution is -2.35. The zero-order valence-corrected chi connectivity index (χ0v) is 20.0. The first-order chi connectivity index (χ1) is 17.5. The molecule has 0 saturated heterocycles. The number of anilines is 1. The van der Waals surface area contributed by atoms with E-state index >= 15 is 0 Å². The second-order valence-electron chi connectivity index (χ2n) is 9.04. The van der Waals surface area contributed by atoms with Crippen LogP contribution in [0.25, 0.3) is 28.2 Å². The molecular formula is C24H21F3N8O2. The van der Waals surface area contributed by atoms with E-state index in [2.05, 4.69) is 30.6 Å². The topological polar surface area (TPSA) is 116 Å². The smallest absolute Gasteiger partial charge is 0.358 e. The molecule has 0 bridgehead atoms. The number of carbonyl (C=O) groups excluding carboxylic acids is 1. The number of rotatable bonds is 6. The van der Waals surface area contributed by atoms with E-state index in [9.17, 15) is 18.0 Å². The van der Waals surface area contributed by atoms with Crippen LogP contribution in [0.5, 0.6) is 0 Å². The Morgan fingerprint density at radius 1 is 1.03 bits per heavy atom. The van der Waals surface area contributed by atoms with E-state index < -0.39 is 23.3 Å². The van der Waals surface area contributed by atoms with Crippen LogP contribution >= 0.6 is 0 Å². The number of halogens is 3. The molecule has 0 saturated carbocycles. The first kappa shape index (κ1) is 24.2. The Bertz CT molecular complexity index is 1580. The van der Waals surface area contributed by atoms with E-state index in [-0.39, 0.29) is 12.2 Å². The third-order valence-electron chi connectivity index (χ3n) is 5.95. The summed E-state index contributed by atoms with van der Waals surface area (Å²) in [5.74, 6) is -0.960. The van der Waals surface area contributed by atoms with Gasteiger partial charge in [-0.25, -0.2) is 9.50 Å². The standard InChI is InChI=1S/C24H21F3N8O2/c1-23(2,24(25,26)27)19-8-20(33-37-19)32-22(36)6-14-4-5-17(28-9-14)18-12-29-21-7-15(10-31-35(18)21)16-11-30-34(3)13-16/h4-5,7-13H,6H2,1-3H3,(H,32,33,36). The van der Waals surface area contributed by atoms with Crippen molar-refractivity contribution >= 4 is 17.4 Å². The van der Waals surface area contributed by atoms with Gasteiger partial charge in [0.2, 0.25) is 5.91 Å². The number of fused-ring (bicyclic) bond motifs is 1. The van der Waals surface area contributed by atoms with Crippen LogP contribution in [0.3, 0.4) is 0 Å². The number of imidazole rings is 1. The number of nitrogens with one attached hydrogen (secondary N) is 1. The maximum atomic E-state index is 13.2. The van der Waals surface area contributed by atoms with Gasteiger partial charge in [-0.2, -0.15) is 23.4 Å². The van der Waals surface area contributed by atoms with E-state index in [0.29, 0.717) is 22.6 Å². The van der Waals surface area contributed by atoms with E-state index in [1.54, 1.807) is 46.1 Å². The molecule has 37 heavy (non-hydrogen) atoms. The van der Waals surface area contributed by atoms with Crippen LogP contribution in [0.4, 0.5) is 19.0 Å². The molecule has 0 fully saturated rings. The summed E-state index contributed by atoms with van der Waals surface area (Å²) in [7, 11) is 1.84. The number of amides is 1. The van der Waals surface area contributed by atoms with Crippen molar-refractivity contribution < 1.29 is 22.5 Å². The predicted molar refractivity (Wildman–Crippen MR) is 126 cm³/mol. The van der Waals surface area contributed by atoms with Gasteiger partial charge in [0, 0.05) is 36.6 Å². The summed E-state index contributed by atoms with van der Waals surface area (Å²) in [5.41, 5.74) is 2.08. The summed E-state index contributed by atoms with van der Waals surface area (Å²) in [5, 5.41) is 14.6. The molecule has 5 heterocycles. The SMILES string of the molecule is Cn1cc(-c2cnn3c(-c4ccc(CC(=O)Nc5cc(C(C)(C)C(F)(F)F)on5)cn4)cnc3c2)cn1. The quantitative estimate of drug-likeness (QED) is 0.364. The summed E-state index contributed by atoms with van der Waals surface area (Å²) >= 11 is 0. The molecular weight excluding hydrogens is 489 g/mol. The van der Waals surface area contributed by atoms with Crippen molar-refractivity contribution in [2.75, 3.05) is 5.32 Å². The molecule has 0 aliphatic rings. The van der Waals surface area contributed by atoms with Crippen molar-refractivity contribution in [1.82, 2.24) is 34.5 Å². The van der Waals surface area contributed by atoms with Crippen LogP contribution < -0.4 is 5.32 Å². The van der Waals surface area contributed by atoms with Crippen molar-refractivity contribution in [3.8, 4) is 22.5 Å². The number of nitrogens with zero attached hydrogens (tertiary/aromatic N) is 7. The van der Waals surface area contributed by atoms with Gasteiger partial charge in [0.05, 0.1) is 30.7 Å². The Morgan fingerprint density at radius 2 is 1.81 bits per heavy atom. The van der Waals surface area contributed by atoms with Gasteiger partial charge >= 0.3 is 6.18 Å². The lowest BCUT2D eigenvalue weighted by molar-refractivity contribution is -0.185. The van der Waals surface area contributed by atoms with Crippen molar-refractivity contribution in [2.45, 2.75) is 31.9 Å². The van der Waals surface area contributed by atoms with Gasteiger partial charge in [0.1, 0.15) is 11.1 Å². The third-order valence-corrected chi connectivity index (χ3v) is 5.95. The van der Waals surface area contributed by atoms with Crippen molar-refractivity contribution in [3.05, 3.63) is 66.6 Å². The Labute approximate surface area is 208 Å². The highest BCUT2D eigenvalue weighted by Crippen LogP contribution is 2.41. The summed E-state index contributed by atoms with van der Waals surface area (Å²) in [6.07, 6.45) is 3.97. The van der Waals surface area contributed by atoms with Crippen LogP contribution in [0.1, 0.15) is 25.2 Å². The van der Waals surface area contributed by atoms with Crippen LogP contribution in [0, 0.1) is 0 Å². The average molecular weight is 510 g/mol. The first-order valence-electron chi connectivity index (χ1n) is 11.1. The number of carbonyl (C=O) groups is 1. The van der Waals surface area contributed by atoms with E-state index in [0.717, 1.165) is 31.0 Å². The number of hydrogen-bond acceptors (Lipinski definition) is 7. The van der Waals surface area contributed by atoms with Crippen molar-refractivity contribution in [1.29, 1.82) is 0 Å². The van der Waals surface area contributed by atoms with Crippen LogP contribution in [-0.2, 0) is 23.7 Å². The molecule has 5 rings (SSSR count). The second kappa shape index (κ2) is 8.84. The zero-order chi connectivity index (χ0) is 26.4. The molecule has 0 atom stereocenters. The lowest BCUT2D eigenvalue weighted by Gasteiger charge is -2.24. The van der Waals surface area contributed by atoms with Gasteiger partial charge in [-0.1, -0.05) is 11.2 Å². The lowest BCUT2D eigenvalue weighted by atomic mass is 9.89. The molecule has 0 spiro atoms. The number of pyridine rings is 1. The zero-order valence-electron chi connectivity index (χ0n) is 20.0. The average Bonchev–Trinajstić information content (AvgIpc) is 3.58. The molecule has 0 aliphatic carbocycles. The van der Waals surface area contributed by atoms with Gasteiger partial charge in [-0.15, -0.1) is 0 Å². The maximum absolute atomic E-state index is 13.2. The molecule has 10 nitrogen and oxygen atoms in total. The second-order valence-corrected chi connectivity index (χ2v) is 9.04. The van der Waals surface area contributed by atoms with Gasteiger partial charge in [0.25, 0.3) is 0 Å². The number of hydrogen-bond donors (Lipinski definition) is 1. The molecule has 0 unspecified atom stereocenters. The molecule has 0 aromatic carbocycles. The fourth-order valence-corrected chi connectivity index (χ4v) is 3.60. The molecule has 5 aromatic rings. The van der Waals surface area contributed by atoms with Gasteiger partial charge in [0.15, 0.2) is 17.2 Å². The summed E-state index contributed by atoms with van der Waals surface area (Å²) < 4.78 is 47.8. The highest BCUT2D eigenvalue weighted by molar-refractivity contribution is 5.91. The molecule has 0 aliphatic heterocycles. The van der Waals surface area contributed by atoms with Gasteiger partial charge in [-0.05, 0) is 31.5 Å². The monoisotopic (exact) mass is 510 g/mol. The van der Waals surface area contributed by atoms with Crippen LogP contribution in [0.2, 0.25) is 0 Å². The normalized spacial score (nSPS) is 12.3. The molecule has 5 aromatic heterocycles. The molecule has 190 valence electrons. The highest BCUT2D eigenvalue weighted by atomic mass is 19.4. The Kier molecular flexibility index (Phi) is 5.77. The number of alkyl halides is 3. The molecule has 1 amide bonds. The van der Waals surface area contributed by atoms with Crippen molar-refractivity contribution in [3.63, 3.8) is 0 Å². The van der Waals surface area contributed by atoms with Gasteiger partial charge in [-0.3, -0.25) is 14.5 Å². The summed E-state index contributed by atoms with van der Waals surface area (Å²) in [6, 6.07) is 6.44. The molecule has 0 radical (unpaired) electrons. The van der Waals surface area contributed by atoms with Gasteiger partial charge < -0.3 is 9.84 Å². The predicted octanol–water partition coefficient (Wildman–Crippen LogP) is 4.20. The van der Waals surface area contributed by atoms with Crippen molar-refractivity contribution in [2.24, 2.45) is 7.05 Å². The van der Waals surface area contributed by atoms with E-state index in [1.165, 1.54) is 0 Å². The highest BCUT2D eigenvalue weighted by Gasteiger charge is 2.51. The molecule has 1 N–H and O–H groups in total.